The molecule has 1 fully saturated rings. The lowest BCUT2D eigenvalue weighted by molar-refractivity contribution is -0.187. The van der Waals surface area contributed by atoms with Crippen LogP contribution in [-0.2, 0) is 0 Å². The molecule has 0 radical (unpaired) electrons. The van der Waals surface area contributed by atoms with Crippen LogP contribution in [0.5, 0.6) is 0 Å². The van der Waals surface area contributed by atoms with Crippen LogP contribution in [-0.4, -0.2) is 27.9 Å². The number of hydrogen-bond donors (Lipinski definition) is 1. The van der Waals surface area contributed by atoms with Crippen molar-refractivity contribution in [2.24, 2.45) is 5.92 Å². The van der Waals surface area contributed by atoms with E-state index in [4.69, 9.17) is 11.6 Å². The fraction of sp³-hybridized carbons (Fsp3) is 0.421. The second-order valence-electron chi connectivity index (χ2n) is 6.90. The molecule has 1 heterocycles. The van der Waals surface area contributed by atoms with E-state index in [1.165, 1.54) is 10.7 Å². The molecule has 1 aromatic carbocycles. The summed E-state index contributed by atoms with van der Waals surface area (Å²) in [6, 6.07) is 6.76. The van der Waals surface area contributed by atoms with E-state index in [9.17, 15) is 22.8 Å². The van der Waals surface area contributed by atoms with Crippen molar-refractivity contribution in [3.8, 4) is 5.69 Å². The van der Waals surface area contributed by atoms with Crippen LogP contribution in [0.4, 0.5) is 13.2 Å². The van der Waals surface area contributed by atoms with Gasteiger partial charge in [0.2, 0.25) is 5.43 Å². The maximum absolute atomic E-state index is 13.3. The van der Waals surface area contributed by atoms with Crippen LogP contribution >= 0.6 is 11.6 Å². The van der Waals surface area contributed by atoms with Gasteiger partial charge in [-0.3, -0.25) is 9.59 Å². The van der Waals surface area contributed by atoms with E-state index in [1.807, 2.05) is 0 Å². The van der Waals surface area contributed by atoms with E-state index >= 15 is 0 Å². The molecule has 1 aliphatic rings. The molecule has 1 amide bonds. The smallest absolute Gasteiger partial charge is 0.347 e. The number of alkyl halides is 3. The summed E-state index contributed by atoms with van der Waals surface area (Å²) >= 11 is 5.87. The Bertz CT molecular complexity index is 926. The lowest BCUT2D eigenvalue weighted by Gasteiger charge is -2.33. The van der Waals surface area contributed by atoms with Gasteiger partial charge in [0.15, 0.2) is 5.69 Å². The second-order valence-corrected chi connectivity index (χ2v) is 7.34. The minimum absolute atomic E-state index is 0.0369. The van der Waals surface area contributed by atoms with Gasteiger partial charge in [0.05, 0.1) is 11.6 Å². The third-order valence-corrected chi connectivity index (χ3v) is 5.15. The number of amides is 1. The van der Waals surface area contributed by atoms with Crippen LogP contribution in [0.25, 0.3) is 5.69 Å². The molecule has 0 spiro atoms. The summed E-state index contributed by atoms with van der Waals surface area (Å²) in [6.07, 6.45) is -3.17. The predicted molar refractivity (Wildman–Crippen MR) is 98.8 cm³/mol. The van der Waals surface area contributed by atoms with Crippen molar-refractivity contribution in [3.05, 3.63) is 57.0 Å². The normalized spacial score (nSPS) is 20.0. The zero-order valence-electron chi connectivity index (χ0n) is 15.1. The Kier molecular flexibility index (Phi) is 5.79. The van der Waals surface area contributed by atoms with Crippen molar-refractivity contribution in [3.63, 3.8) is 0 Å². The van der Waals surface area contributed by atoms with E-state index in [0.29, 0.717) is 29.2 Å². The summed E-state index contributed by atoms with van der Waals surface area (Å²) in [5.41, 5.74) is -0.0249. The highest BCUT2D eigenvalue weighted by atomic mass is 35.5. The number of benzene rings is 1. The van der Waals surface area contributed by atoms with Crippen molar-refractivity contribution in [2.45, 2.75) is 44.8 Å². The number of hydrogen-bond acceptors (Lipinski definition) is 3. The Morgan fingerprint density at radius 2 is 1.86 bits per heavy atom. The zero-order valence-corrected chi connectivity index (χ0v) is 15.8. The zero-order chi connectivity index (χ0) is 20.5. The lowest BCUT2D eigenvalue weighted by Crippen LogP contribution is -2.48. The van der Waals surface area contributed by atoms with Crippen molar-refractivity contribution < 1.29 is 18.0 Å². The highest BCUT2D eigenvalue weighted by Gasteiger charge is 2.46. The Labute approximate surface area is 164 Å². The first-order valence-corrected chi connectivity index (χ1v) is 9.29. The van der Waals surface area contributed by atoms with E-state index in [1.54, 1.807) is 31.2 Å². The summed E-state index contributed by atoms with van der Waals surface area (Å²) in [7, 11) is 0. The number of aryl methyl sites for hydroxylation is 1. The van der Waals surface area contributed by atoms with Crippen molar-refractivity contribution in [1.82, 2.24) is 15.1 Å². The second kappa shape index (κ2) is 7.95. The van der Waals surface area contributed by atoms with E-state index in [2.05, 4.69) is 10.4 Å². The Hall–Kier alpha value is -2.35. The molecule has 5 nitrogen and oxygen atoms in total. The number of nitrogens with zero attached hydrogens (tertiary/aromatic N) is 2. The van der Waals surface area contributed by atoms with Crippen LogP contribution in [0.3, 0.4) is 0 Å². The number of rotatable bonds is 3. The van der Waals surface area contributed by atoms with Gasteiger partial charge in [-0.15, -0.1) is 0 Å². The predicted octanol–water partition coefficient (Wildman–Crippen LogP) is 4.05. The summed E-state index contributed by atoms with van der Waals surface area (Å²) in [6.45, 7) is 1.64. The third-order valence-electron chi connectivity index (χ3n) is 4.90. The topological polar surface area (TPSA) is 64.0 Å². The minimum Gasteiger partial charge on any atom is -0.347 e. The van der Waals surface area contributed by atoms with Crippen LogP contribution in [0.1, 0.15) is 41.9 Å². The fourth-order valence-corrected chi connectivity index (χ4v) is 3.61. The van der Waals surface area contributed by atoms with Crippen LogP contribution < -0.4 is 10.7 Å². The minimum atomic E-state index is -4.40. The summed E-state index contributed by atoms with van der Waals surface area (Å²) in [4.78, 5) is 24.8. The maximum Gasteiger partial charge on any atom is 0.393 e. The Morgan fingerprint density at radius 1 is 1.21 bits per heavy atom. The van der Waals surface area contributed by atoms with Gasteiger partial charge in [0, 0.05) is 22.8 Å². The number of nitrogens with one attached hydrogen (secondary N) is 1. The maximum atomic E-state index is 13.3. The summed E-state index contributed by atoms with van der Waals surface area (Å²) < 4.78 is 41.1. The molecule has 2 aromatic rings. The highest BCUT2D eigenvalue weighted by Crippen LogP contribution is 2.37. The molecule has 9 heteroatoms. The van der Waals surface area contributed by atoms with Crippen LogP contribution in [0.2, 0.25) is 5.02 Å². The van der Waals surface area contributed by atoms with Gasteiger partial charge in [-0.2, -0.15) is 18.3 Å². The number of carbonyl (C=O) groups is 1. The van der Waals surface area contributed by atoms with Crippen molar-refractivity contribution in [1.29, 1.82) is 0 Å². The summed E-state index contributed by atoms with van der Waals surface area (Å²) in [5.74, 6) is -2.51. The van der Waals surface area contributed by atoms with Gasteiger partial charge in [-0.25, -0.2) is 4.68 Å². The molecular weight excluding hydrogens is 395 g/mol. The van der Waals surface area contributed by atoms with Crippen molar-refractivity contribution in [2.75, 3.05) is 0 Å². The standard InChI is InChI=1S/C19H19ClF3N3O2/c1-11-10-16(27)17(25-26(11)13-8-6-12(20)7-9-13)18(28)24-15-5-3-2-4-14(15)19(21,22)23/h6-10,14-15H,2-5H2,1H3,(H,24,28)/t14-,15-/m0/s1. The molecule has 1 N–H and O–H groups in total. The highest BCUT2D eigenvalue weighted by molar-refractivity contribution is 6.30. The largest absolute Gasteiger partial charge is 0.393 e. The molecule has 0 aliphatic heterocycles. The van der Waals surface area contributed by atoms with E-state index in [0.717, 1.165) is 0 Å². The fourth-order valence-electron chi connectivity index (χ4n) is 3.48. The average molecular weight is 414 g/mol. The van der Waals surface area contributed by atoms with Gasteiger partial charge < -0.3 is 5.32 Å². The summed E-state index contributed by atoms with van der Waals surface area (Å²) in [5, 5.41) is 6.99. The van der Waals surface area contributed by atoms with E-state index < -0.39 is 35.2 Å². The van der Waals surface area contributed by atoms with E-state index in [-0.39, 0.29) is 12.8 Å². The Morgan fingerprint density at radius 3 is 2.50 bits per heavy atom. The van der Waals surface area contributed by atoms with Gasteiger partial charge in [-0.05, 0) is 44.0 Å². The quantitative estimate of drug-likeness (QED) is 0.825. The first kappa shape index (κ1) is 20.4. The molecule has 0 bridgehead atoms. The van der Waals surface area contributed by atoms with Gasteiger partial charge in [0.25, 0.3) is 5.91 Å². The molecule has 0 unspecified atom stereocenters. The molecule has 2 atom stereocenters. The molecule has 1 aliphatic carbocycles. The van der Waals surface area contributed by atoms with Crippen LogP contribution in [0.15, 0.2) is 35.1 Å². The molecule has 1 aromatic heterocycles. The molecule has 3 rings (SSSR count). The molecule has 150 valence electrons. The van der Waals surface area contributed by atoms with Gasteiger partial charge >= 0.3 is 6.18 Å². The number of aromatic nitrogens is 2. The lowest BCUT2D eigenvalue weighted by atomic mass is 9.84. The third kappa shape index (κ3) is 4.38. The van der Waals surface area contributed by atoms with Crippen molar-refractivity contribution >= 4 is 17.5 Å². The number of carbonyl (C=O) groups excluding carboxylic acids is 1. The first-order valence-electron chi connectivity index (χ1n) is 8.91. The molecular formula is C19H19ClF3N3O2. The average Bonchev–Trinajstić information content (AvgIpc) is 2.62. The van der Waals surface area contributed by atoms with Crippen LogP contribution in [0, 0.1) is 12.8 Å². The molecule has 0 saturated heterocycles. The first-order chi connectivity index (χ1) is 13.2. The SMILES string of the molecule is Cc1cc(=O)c(C(=O)N[C@H]2CCCC[C@@H]2C(F)(F)F)nn1-c1ccc(Cl)cc1. The number of halogens is 4. The molecule has 28 heavy (non-hydrogen) atoms. The Balaban J connectivity index is 1.90. The monoisotopic (exact) mass is 413 g/mol. The molecule has 1 saturated carbocycles. The van der Waals surface area contributed by atoms with Gasteiger partial charge in [-0.1, -0.05) is 24.4 Å². The van der Waals surface area contributed by atoms with Gasteiger partial charge in [0.1, 0.15) is 0 Å².